The molecule has 0 unspecified atom stereocenters. The van der Waals surface area contributed by atoms with Crippen LogP contribution in [0.5, 0.6) is 0 Å². The summed E-state index contributed by atoms with van der Waals surface area (Å²) in [7, 11) is 1.73. The summed E-state index contributed by atoms with van der Waals surface area (Å²) in [5, 5.41) is 0. The Morgan fingerprint density at radius 2 is 2.33 bits per heavy atom. The van der Waals surface area contributed by atoms with E-state index in [1.54, 1.807) is 30.3 Å². The van der Waals surface area contributed by atoms with Crippen LogP contribution < -0.4 is 5.73 Å². The van der Waals surface area contributed by atoms with E-state index in [1.165, 1.54) is 0 Å². The molecule has 3 N–H and O–H groups in total. The molecule has 0 saturated heterocycles. The zero-order chi connectivity index (χ0) is 11.0. The third-order valence-electron chi connectivity index (χ3n) is 2.28. The minimum absolute atomic E-state index is 0.285. The topological polar surface area (TPSA) is 79.2 Å². The highest BCUT2D eigenvalue weighted by atomic mass is 16.1. The molecular formula is C10H9N3O2. The van der Waals surface area contributed by atoms with Gasteiger partial charge in [-0.15, -0.1) is 0 Å². The monoisotopic (exact) mass is 203 g/mol. The third-order valence-corrected chi connectivity index (χ3v) is 2.28. The molecule has 1 aliphatic rings. The van der Waals surface area contributed by atoms with Gasteiger partial charge in [0.15, 0.2) is 11.6 Å². The average molecular weight is 203 g/mol. The van der Waals surface area contributed by atoms with Gasteiger partial charge >= 0.3 is 0 Å². The van der Waals surface area contributed by atoms with Gasteiger partial charge in [0.2, 0.25) is 0 Å². The van der Waals surface area contributed by atoms with E-state index in [9.17, 15) is 9.59 Å². The van der Waals surface area contributed by atoms with Crippen molar-refractivity contribution in [3.05, 3.63) is 29.2 Å². The highest BCUT2D eigenvalue weighted by Crippen LogP contribution is 2.26. The van der Waals surface area contributed by atoms with Crippen LogP contribution in [0.25, 0.3) is 11.8 Å². The van der Waals surface area contributed by atoms with E-state index in [0.29, 0.717) is 11.4 Å². The molecule has 2 heterocycles. The highest BCUT2D eigenvalue weighted by Gasteiger charge is 2.19. The molecular weight excluding hydrogens is 194 g/mol. The molecule has 0 bridgehead atoms. The van der Waals surface area contributed by atoms with E-state index in [-0.39, 0.29) is 5.69 Å². The van der Waals surface area contributed by atoms with E-state index < -0.39 is 5.91 Å². The maximum Gasteiger partial charge on any atom is 0.265 e. The normalized spacial score (nSPS) is 13.7. The first kappa shape index (κ1) is 9.30. The lowest BCUT2D eigenvalue weighted by molar-refractivity contribution is 0.0996. The van der Waals surface area contributed by atoms with Crippen molar-refractivity contribution in [2.75, 3.05) is 7.05 Å². The number of amides is 1. The number of carbonyl (C=O) groups excluding carboxylic acids is 2. The molecule has 5 heteroatoms. The Bertz CT molecular complexity index is 507. The van der Waals surface area contributed by atoms with Gasteiger partial charge in [-0.25, -0.2) is 4.79 Å². The first-order valence-corrected chi connectivity index (χ1v) is 4.33. The van der Waals surface area contributed by atoms with Gasteiger partial charge in [-0.2, -0.15) is 0 Å². The lowest BCUT2D eigenvalue weighted by Gasteiger charge is -2.18. The molecule has 0 saturated carbocycles. The molecule has 0 atom stereocenters. The predicted molar refractivity (Wildman–Crippen MR) is 55.2 cm³/mol. The second kappa shape index (κ2) is 3.15. The fraction of sp³-hybridized carbons (Fsp3) is 0.100. The van der Waals surface area contributed by atoms with Crippen molar-refractivity contribution in [2.24, 2.45) is 5.73 Å². The van der Waals surface area contributed by atoms with Crippen molar-refractivity contribution < 1.29 is 9.59 Å². The van der Waals surface area contributed by atoms with Crippen LogP contribution in [0, 0.1) is 0 Å². The Labute approximate surface area is 85.9 Å². The van der Waals surface area contributed by atoms with E-state index in [4.69, 9.17) is 5.73 Å². The minimum atomic E-state index is -0.550. The summed E-state index contributed by atoms with van der Waals surface area (Å²) in [5.41, 5.74) is 7.11. The van der Waals surface area contributed by atoms with Crippen LogP contribution in [0.15, 0.2) is 12.3 Å². The van der Waals surface area contributed by atoms with Crippen LogP contribution >= 0.6 is 0 Å². The third kappa shape index (κ3) is 1.35. The molecule has 2 rings (SSSR count). The van der Waals surface area contributed by atoms with E-state index in [2.05, 4.69) is 4.98 Å². The predicted octanol–water partition coefficient (Wildman–Crippen LogP) is 0.202. The van der Waals surface area contributed by atoms with Crippen LogP contribution in [0.4, 0.5) is 0 Å². The summed E-state index contributed by atoms with van der Waals surface area (Å²) < 4.78 is 0. The maximum absolute atomic E-state index is 10.9. The van der Waals surface area contributed by atoms with Gasteiger partial charge in [-0.3, -0.25) is 4.79 Å². The highest BCUT2D eigenvalue weighted by molar-refractivity contribution is 5.96. The van der Waals surface area contributed by atoms with E-state index in [1.807, 2.05) is 5.94 Å². The number of carbonyl (C=O) groups is 1. The Morgan fingerprint density at radius 1 is 1.60 bits per heavy atom. The number of H-pyrrole nitrogens is 1. The van der Waals surface area contributed by atoms with Gasteiger partial charge in [-0.05, 0) is 12.1 Å². The zero-order valence-corrected chi connectivity index (χ0v) is 8.07. The van der Waals surface area contributed by atoms with Crippen LogP contribution in [0.3, 0.4) is 0 Å². The standard InChI is InChI=1S/C10H9N3O2/c1-13-3-2-6-4-7(10(11)15)12-9(6)8(13)5-14/h2-4,12H,1H3,(H2,11,15). The van der Waals surface area contributed by atoms with Gasteiger partial charge in [0.05, 0.1) is 5.69 Å². The number of fused-ring (bicyclic) bond motifs is 1. The second-order valence-electron chi connectivity index (χ2n) is 3.25. The molecule has 1 amide bonds. The SMILES string of the molecule is CN1C=Cc2cc(C(N)=O)[nH]c2C1=C=O. The molecule has 0 spiro atoms. The van der Waals surface area contributed by atoms with Crippen LogP contribution in [0.2, 0.25) is 0 Å². The fourth-order valence-electron chi connectivity index (χ4n) is 1.50. The van der Waals surface area contributed by atoms with Crippen molar-refractivity contribution in [1.82, 2.24) is 9.88 Å². The number of hydrogen-bond acceptors (Lipinski definition) is 3. The van der Waals surface area contributed by atoms with Crippen LogP contribution in [0.1, 0.15) is 21.7 Å². The largest absolute Gasteiger partial charge is 0.364 e. The van der Waals surface area contributed by atoms with E-state index >= 15 is 0 Å². The Balaban J connectivity index is 2.61. The molecule has 76 valence electrons. The molecule has 1 aliphatic heterocycles. The van der Waals surface area contributed by atoms with Crippen LogP contribution in [-0.4, -0.2) is 28.8 Å². The molecule has 1 aromatic rings. The van der Waals surface area contributed by atoms with Crippen molar-refractivity contribution in [3.8, 4) is 0 Å². The van der Waals surface area contributed by atoms with Gasteiger partial charge in [0.1, 0.15) is 5.69 Å². The molecule has 15 heavy (non-hydrogen) atoms. The minimum Gasteiger partial charge on any atom is -0.364 e. The first-order chi connectivity index (χ1) is 7.13. The number of nitrogens with two attached hydrogens (primary N) is 1. The number of aromatic amines is 1. The summed E-state index contributed by atoms with van der Waals surface area (Å²) in [6.45, 7) is 0. The Hall–Kier alpha value is -2.26. The summed E-state index contributed by atoms with van der Waals surface area (Å²) in [4.78, 5) is 26.1. The first-order valence-electron chi connectivity index (χ1n) is 4.33. The van der Waals surface area contributed by atoms with Crippen molar-refractivity contribution in [1.29, 1.82) is 0 Å². The molecule has 0 aliphatic carbocycles. The zero-order valence-electron chi connectivity index (χ0n) is 8.07. The molecule has 1 aromatic heterocycles. The van der Waals surface area contributed by atoms with Gasteiger partial charge in [0, 0.05) is 18.8 Å². The summed E-state index contributed by atoms with van der Waals surface area (Å²) in [5.74, 6) is 1.27. The molecule has 5 nitrogen and oxygen atoms in total. The van der Waals surface area contributed by atoms with Gasteiger partial charge in [-0.1, -0.05) is 0 Å². The maximum atomic E-state index is 10.9. The summed E-state index contributed by atoms with van der Waals surface area (Å²) in [6.07, 6.45) is 3.51. The van der Waals surface area contributed by atoms with Crippen molar-refractivity contribution in [2.45, 2.75) is 0 Å². The Morgan fingerprint density at radius 3 is 2.93 bits per heavy atom. The Kier molecular flexibility index (Phi) is 1.95. The average Bonchev–Trinajstić information content (AvgIpc) is 2.61. The fourth-order valence-corrected chi connectivity index (χ4v) is 1.50. The van der Waals surface area contributed by atoms with Crippen LogP contribution in [-0.2, 0) is 4.79 Å². The van der Waals surface area contributed by atoms with Crippen molar-refractivity contribution in [3.63, 3.8) is 0 Å². The summed E-state index contributed by atoms with van der Waals surface area (Å²) >= 11 is 0. The second-order valence-corrected chi connectivity index (χ2v) is 3.25. The van der Waals surface area contributed by atoms with Gasteiger partial charge < -0.3 is 15.6 Å². The number of primary amides is 1. The molecule has 0 radical (unpaired) electrons. The summed E-state index contributed by atoms with van der Waals surface area (Å²) in [6, 6.07) is 1.61. The molecule has 0 aromatic carbocycles. The quantitative estimate of drug-likeness (QED) is 0.640. The van der Waals surface area contributed by atoms with Crippen molar-refractivity contribution >= 4 is 23.6 Å². The smallest absolute Gasteiger partial charge is 0.265 e. The number of nitrogens with zero attached hydrogens (tertiary/aromatic N) is 1. The lowest BCUT2D eigenvalue weighted by Crippen LogP contribution is -2.14. The number of nitrogens with one attached hydrogen (secondary N) is 1. The molecule has 0 fully saturated rings. The van der Waals surface area contributed by atoms with E-state index in [0.717, 1.165) is 5.56 Å². The van der Waals surface area contributed by atoms with Gasteiger partial charge in [0.25, 0.3) is 5.91 Å². The number of hydrogen-bond donors (Lipinski definition) is 2. The number of rotatable bonds is 1. The number of aromatic nitrogens is 1. The lowest BCUT2D eigenvalue weighted by atomic mass is 10.1.